The SMILES string of the molecule is COc1ccc(CC(=O)Nc2cc(C)nn2-c2nc3cc4c(cc3s2)CCCC4)cc1. The zero-order valence-electron chi connectivity index (χ0n) is 17.6. The highest BCUT2D eigenvalue weighted by atomic mass is 32.1. The fourth-order valence-corrected chi connectivity index (χ4v) is 5.06. The number of anilines is 1. The van der Waals surface area contributed by atoms with Crippen LogP contribution in [0.25, 0.3) is 15.3 Å². The van der Waals surface area contributed by atoms with Crippen molar-refractivity contribution in [3.63, 3.8) is 0 Å². The van der Waals surface area contributed by atoms with Gasteiger partial charge in [-0.3, -0.25) is 4.79 Å². The monoisotopic (exact) mass is 432 g/mol. The number of nitrogens with zero attached hydrogens (tertiary/aromatic N) is 3. The quantitative estimate of drug-likeness (QED) is 0.489. The van der Waals surface area contributed by atoms with Gasteiger partial charge in [-0.1, -0.05) is 23.5 Å². The Hall–Kier alpha value is -3.19. The van der Waals surface area contributed by atoms with Crippen molar-refractivity contribution in [3.05, 3.63) is 64.8 Å². The number of carbonyl (C=O) groups excluding carboxylic acids is 1. The number of thiazole rings is 1. The first-order chi connectivity index (χ1) is 15.1. The van der Waals surface area contributed by atoms with E-state index in [1.165, 1.54) is 28.7 Å². The summed E-state index contributed by atoms with van der Waals surface area (Å²) in [6.07, 6.45) is 5.06. The molecule has 0 atom stereocenters. The molecule has 4 aromatic rings. The first kappa shape index (κ1) is 19.8. The maximum Gasteiger partial charge on any atom is 0.229 e. The van der Waals surface area contributed by atoms with Crippen molar-refractivity contribution in [1.82, 2.24) is 14.8 Å². The molecule has 6 nitrogen and oxygen atoms in total. The first-order valence-electron chi connectivity index (χ1n) is 10.5. The van der Waals surface area contributed by atoms with Gasteiger partial charge in [0.05, 0.1) is 29.4 Å². The molecule has 7 heteroatoms. The van der Waals surface area contributed by atoms with Gasteiger partial charge in [0.1, 0.15) is 11.6 Å². The third-order valence-corrected chi connectivity index (χ3v) is 6.64. The van der Waals surface area contributed by atoms with Gasteiger partial charge in [0.15, 0.2) is 0 Å². The lowest BCUT2D eigenvalue weighted by Gasteiger charge is -2.14. The van der Waals surface area contributed by atoms with E-state index in [0.717, 1.165) is 40.5 Å². The smallest absolute Gasteiger partial charge is 0.229 e. The predicted molar refractivity (Wildman–Crippen MR) is 123 cm³/mol. The summed E-state index contributed by atoms with van der Waals surface area (Å²) < 4.78 is 8.08. The third kappa shape index (κ3) is 4.05. The van der Waals surface area contributed by atoms with Crippen LogP contribution in [0, 0.1) is 6.92 Å². The molecule has 1 aliphatic rings. The normalized spacial score (nSPS) is 13.2. The molecule has 0 saturated heterocycles. The molecule has 0 unspecified atom stereocenters. The summed E-state index contributed by atoms with van der Waals surface area (Å²) in [5.41, 5.74) is 5.62. The molecule has 2 aromatic heterocycles. The zero-order chi connectivity index (χ0) is 21.4. The van der Waals surface area contributed by atoms with Gasteiger partial charge in [-0.05, 0) is 73.6 Å². The first-order valence-corrected chi connectivity index (χ1v) is 11.3. The molecule has 0 spiro atoms. The van der Waals surface area contributed by atoms with Crippen LogP contribution in [0.5, 0.6) is 5.75 Å². The van der Waals surface area contributed by atoms with Crippen LogP contribution >= 0.6 is 11.3 Å². The van der Waals surface area contributed by atoms with E-state index in [1.54, 1.807) is 23.1 Å². The second-order valence-corrected chi connectivity index (χ2v) is 8.96. The molecule has 158 valence electrons. The van der Waals surface area contributed by atoms with Crippen molar-refractivity contribution in [2.75, 3.05) is 12.4 Å². The van der Waals surface area contributed by atoms with Gasteiger partial charge >= 0.3 is 0 Å². The number of rotatable bonds is 5. The van der Waals surface area contributed by atoms with Gasteiger partial charge < -0.3 is 10.1 Å². The van der Waals surface area contributed by atoms with Crippen molar-refractivity contribution in [1.29, 1.82) is 0 Å². The maximum atomic E-state index is 12.7. The van der Waals surface area contributed by atoms with Crippen LogP contribution in [-0.2, 0) is 24.1 Å². The molecule has 1 amide bonds. The van der Waals surface area contributed by atoms with Crippen molar-refractivity contribution < 1.29 is 9.53 Å². The Morgan fingerprint density at radius 2 is 1.87 bits per heavy atom. The summed E-state index contributed by atoms with van der Waals surface area (Å²) >= 11 is 1.61. The second kappa shape index (κ2) is 8.15. The van der Waals surface area contributed by atoms with Crippen molar-refractivity contribution >= 4 is 33.3 Å². The summed E-state index contributed by atoms with van der Waals surface area (Å²) in [5, 5.41) is 8.36. The van der Waals surface area contributed by atoms with Gasteiger partial charge in [-0.25, -0.2) is 4.98 Å². The minimum Gasteiger partial charge on any atom is -0.497 e. The average molecular weight is 433 g/mol. The largest absolute Gasteiger partial charge is 0.497 e. The van der Waals surface area contributed by atoms with Crippen LogP contribution in [0.15, 0.2) is 42.5 Å². The van der Waals surface area contributed by atoms with Crippen LogP contribution < -0.4 is 10.1 Å². The van der Waals surface area contributed by atoms with E-state index in [9.17, 15) is 4.79 Å². The Bertz CT molecular complexity index is 1210. The van der Waals surface area contributed by atoms with Crippen LogP contribution in [0.3, 0.4) is 0 Å². The Morgan fingerprint density at radius 3 is 2.61 bits per heavy atom. The molecule has 0 aliphatic heterocycles. The number of aryl methyl sites for hydroxylation is 3. The second-order valence-electron chi connectivity index (χ2n) is 7.95. The highest BCUT2D eigenvalue weighted by molar-refractivity contribution is 7.20. The number of nitrogens with one attached hydrogen (secondary N) is 1. The van der Waals surface area contributed by atoms with Crippen molar-refractivity contribution in [2.45, 2.75) is 39.0 Å². The van der Waals surface area contributed by atoms with Crippen LogP contribution in [0.1, 0.15) is 35.2 Å². The van der Waals surface area contributed by atoms with E-state index in [1.807, 2.05) is 37.3 Å². The number of hydrogen-bond acceptors (Lipinski definition) is 5. The van der Waals surface area contributed by atoms with Gasteiger partial charge in [-0.2, -0.15) is 9.78 Å². The van der Waals surface area contributed by atoms with E-state index in [0.29, 0.717) is 5.82 Å². The molecular weight excluding hydrogens is 408 g/mol. The molecule has 1 aliphatic carbocycles. The molecule has 0 bridgehead atoms. The molecular formula is C24H24N4O2S. The van der Waals surface area contributed by atoms with Gasteiger partial charge in [0.25, 0.3) is 0 Å². The highest BCUT2D eigenvalue weighted by Crippen LogP contribution is 2.32. The number of amides is 1. The summed E-state index contributed by atoms with van der Waals surface area (Å²) in [5.74, 6) is 1.32. The van der Waals surface area contributed by atoms with Gasteiger partial charge in [0, 0.05) is 6.07 Å². The minimum atomic E-state index is -0.0945. The molecule has 2 aromatic carbocycles. The summed E-state index contributed by atoms with van der Waals surface area (Å²) in [7, 11) is 1.63. The van der Waals surface area contributed by atoms with E-state index in [-0.39, 0.29) is 12.3 Å². The highest BCUT2D eigenvalue weighted by Gasteiger charge is 2.17. The Labute approximate surface area is 184 Å². The molecule has 2 heterocycles. The predicted octanol–water partition coefficient (Wildman–Crippen LogP) is 4.86. The number of ether oxygens (including phenoxy) is 1. The van der Waals surface area contributed by atoms with E-state index in [4.69, 9.17) is 9.72 Å². The number of hydrogen-bond donors (Lipinski definition) is 1. The number of methoxy groups -OCH3 is 1. The van der Waals surface area contributed by atoms with Crippen LogP contribution in [0.2, 0.25) is 0 Å². The average Bonchev–Trinajstić information content (AvgIpc) is 3.34. The summed E-state index contributed by atoms with van der Waals surface area (Å²) in [6, 6.07) is 13.9. The van der Waals surface area contributed by atoms with Crippen molar-refractivity contribution in [2.24, 2.45) is 0 Å². The number of fused-ring (bicyclic) bond motifs is 2. The third-order valence-electron chi connectivity index (χ3n) is 5.64. The van der Waals surface area contributed by atoms with E-state index in [2.05, 4.69) is 22.5 Å². The zero-order valence-corrected chi connectivity index (χ0v) is 18.5. The lowest BCUT2D eigenvalue weighted by atomic mass is 9.92. The van der Waals surface area contributed by atoms with E-state index >= 15 is 0 Å². The Morgan fingerprint density at radius 1 is 1.13 bits per heavy atom. The standard InChI is InChI=1S/C24H24N4O2S/c1-15-11-22(26-23(29)12-16-7-9-19(30-2)10-8-16)28(27-15)24-25-20-13-17-5-3-4-6-18(17)14-21(20)31-24/h7-11,13-14H,3-6,12H2,1-2H3,(H,26,29). The molecule has 0 fully saturated rings. The summed E-state index contributed by atoms with van der Waals surface area (Å²) in [6.45, 7) is 1.92. The lowest BCUT2D eigenvalue weighted by molar-refractivity contribution is -0.115. The summed E-state index contributed by atoms with van der Waals surface area (Å²) in [4.78, 5) is 17.5. The number of benzene rings is 2. The van der Waals surface area contributed by atoms with Crippen LogP contribution in [0.4, 0.5) is 5.82 Å². The number of aromatic nitrogens is 3. The molecule has 31 heavy (non-hydrogen) atoms. The van der Waals surface area contributed by atoms with E-state index < -0.39 is 0 Å². The van der Waals surface area contributed by atoms with Crippen LogP contribution in [-0.4, -0.2) is 27.8 Å². The topological polar surface area (TPSA) is 69.0 Å². The van der Waals surface area contributed by atoms with Crippen molar-refractivity contribution in [3.8, 4) is 10.9 Å². The van der Waals surface area contributed by atoms with Gasteiger partial charge in [0.2, 0.25) is 11.0 Å². The maximum absolute atomic E-state index is 12.7. The Kier molecular flexibility index (Phi) is 5.19. The fraction of sp³-hybridized carbons (Fsp3) is 0.292. The Balaban J connectivity index is 1.40. The minimum absolute atomic E-state index is 0.0945. The lowest BCUT2D eigenvalue weighted by Crippen LogP contribution is -2.17. The molecule has 0 saturated carbocycles. The number of carbonyl (C=O) groups is 1. The van der Waals surface area contributed by atoms with Gasteiger partial charge in [-0.15, -0.1) is 0 Å². The fourth-order valence-electron chi connectivity index (χ4n) is 4.08. The molecule has 1 N–H and O–H groups in total. The molecule has 5 rings (SSSR count). The molecule has 0 radical (unpaired) electrons.